The fourth-order valence-electron chi connectivity index (χ4n) is 1.37. The molecule has 0 aromatic rings. The molecule has 0 aromatic carbocycles. The van der Waals surface area contributed by atoms with E-state index in [1.165, 1.54) is 5.57 Å². The number of hydrogen-bond acceptors (Lipinski definition) is 2. The molecule has 56 valence electrons. The molecule has 0 spiro atoms. The molecule has 2 heteroatoms. The van der Waals surface area contributed by atoms with Crippen LogP contribution in [-0.4, -0.2) is 30.3 Å². The largest absolute Gasteiger partial charge is 0.298 e. The molecule has 0 aromatic heterocycles. The van der Waals surface area contributed by atoms with Crippen molar-refractivity contribution in [3.63, 3.8) is 0 Å². The zero-order chi connectivity index (χ0) is 7.72. The van der Waals surface area contributed by atoms with Crippen LogP contribution in [0.2, 0.25) is 0 Å². The van der Waals surface area contributed by atoms with Crippen molar-refractivity contribution >= 4 is 5.78 Å². The smallest absolute Gasteiger partial charge is 0.150 e. The average Bonchev–Trinajstić information content (AvgIpc) is 2.10. The standard InChI is InChI=1S/C8H13NO/c1-6-4-8(7(2)10)9(3)5-6/h4,8H,5H2,1-3H3. The van der Waals surface area contributed by atoms with Gasteiger partial charge in [0.2, 0.25) is 0 Å². The van der Waals surface area contributed by atoms with Crippen LogP contribution in [0.4, 0.5) is 0 Å². The summed E-state index contributed by atoms with van der Waals surface area (Å²) in [5.74, 6) is 0.236. The quantitative estimate of drug-likeness (QED) is 0.502. The lowest BCUT2D eigenvalue weighted by molar-refractivity contribution is -0.119. The summed E-state index contributed by atoms with van der Waals surface area (Å²) in [6.07, 6.45) is 2.03. The topological polar surface area (TPSA) is 20.3 Å². The van der Waals surface area contributed by atoms with Crippen molar-refractivity contribution in [2.24, 2.45) is 0 Å². The molecule has 1 unspecified atom stereocenters. The molecule has 0 aliphatic carbocycles. The maximum atomic E-state index is 10.9. The molecule has 10 heavy (non-hydrogen) atoms. The number of nitrogens with zero attached hydrogens (tertiary/aromatic N) is 1. The predicted octanol–water partition coefficient (Wildman–Crippen LogP) is 0.836. The van der Waals surface area contributed by atoms with Crippen LogP contribution in [0.25, 0.3) is 0 Å². The van der Waals surface area contributed by atoms with Gasteiger partial charge >= 0.3 is 0 Å². The lowest BCUT2D eigenvalue weighted by Crippen LogP contribution is -2.31. The van der Waals surface area contributed by atoms with Gasteiger partial charge in [0, 0.05) is 6.54 Å². The number of hydrogen-bond donors (Lipinski definition) is 0. The first-order valence-corrected chi connectivity index (χ1v) is 3.49. The van der Waals surface area contributed by atoms with Crippen molar-refractivity contribution in [2.45, 2.75) is 19.9 Å². The van der Waals surface area contributed by atoms with Gasteiger partial charge in [-0.25, -0.2) is 0 Å². The van der Waals surface area contributed by atoms with E-state index in [0.29, 0.717) is 0 Å². The first-order valence-electron chi connectivity index (χ1n) is 3.49. The summed E-state index contributed by atoms with van der Waals surface area (Å²) in [5.41, 5.74) is 1.29. The fourth-order valence-corrected chi connectivity index (χ4v) is 1.37. The van der Waals surface area contributed by atoms with E-state index >= 15 is 0 Å². The van der Waals surface area contributed by atoms with Gasteiger partial charge in [0.05, 0.1) is 6.04 Å². The summed E-state index contributed by atoms with van der Waals surface area (Å²) in [6, 6.07) is 0.0417. The SMILES string of the molecule is CC(=O)C1C=C(C)CN1C. The molecule has 2 nitrogen and oxygen atoms in total. The lowest BCUT2D eigenvalue weighted by atomic mass is 10.2. The Kier molecular flexibility index (Phi) is 1.90. The Hall–Kier alpha value is -0.630. The van der Waals surface area contributed by atoms with Gasteiger partial charge < -0.3 is 0 Å². The number of carbonyl (C=O) groups is 1. The van der Waals surface area contributed by atoms with E-state index in [4.69, 9.17) is 0 Å². The fraction of sp³-hybridized carbons (Fsp3) is 0.625. The van der Waals surface area contributed by atoms with Crippen LogP contribution >= 0.6 is 0 Å². The van der Waals surface area contributed by atoms with Crippen molar-refractivity contribution < 1.29 is 4.79 Å². The summed E-state index contributed by atoms with van der Waals surface area (Å²) < 4.78 is 0. The zero-order valence-electron chi connectivity index (χ0n) is 6.72. The Balaban J connectivity index is 2.69. The summed E-state index contributed by atoms with van der Waals surface area (Å²) >= 11 is 0. The number of likely N-dealkylation sites (N-methyl/N-ethyl adjacent to an activating group) is 1. The third-order valence-corrected chi connectivity index (χ3v) is 1.83. The number of ketones is 1. The minimum absolute atomic E-state index is 0.0417. The molecule has 1 aliphatic heterocycles. The van der Waals surface area contributed by atoms with Crippen molar-refractivity contribution in [1.29, 1.82) is 0 Å². The second-order valence-electron chi connectivity index (χ2n) is 2.98. The third-order valence-electron chi connectivity index (χ3n) is 1.83. The second-order valence-corrected chi connectivity index (χ2v) is 2.98. The monoisotopic (exact) mass is 139 g/mol. The van der Waals surface area contributed by atoms with E-state index in [1.54, 1.807) is 6.92 Å². The van der Waals surface area contributed by atoms with E-state index < -0.39 is 0 Å². The molecule has 1 atom stereocenters. The van der Waals surface area contributed by atoms with Crippen LogP contribution in [0, 0.1) is 0 Å². The molecule has 0 saturated heterocycles. The Morgan fingerprint density at radius 1 is 1.80 bits per heavy atom. The number of carbonyl (C=O) groups excluding carboxylic acids is 1. The van der Waals surface area contributed by atoms with Crippen LogP contribution in [0.15, 0.2) is 11.6 Å². The van der Waals surface area contributed by atoms with Gasteiger partial charge in [0.1, 0.15) is 0 Å². The first kappa shape index (κ1) is 7.48. The molecular formula is C8H13NO. The van der Waals surface area contributed by atoms with Crippen LogP contribution in [0.5, 0.6) is 0 Å². The summed E-state index contributed by atoms with van der Waals surface area (Å²) in [7, 11) is 1.97. The Morgan fingerprint density at radius 2 is 2.40 bits per heavy atom. The van der Waals surface area contributed by atoms with Crippen LogP contribution in [0.1, 0.15) is 13.8 Å². The molecule has 0 saturated carbocycles. The molecule has 0 bridgehead atoms. The Labute approximate surface area is 61.5 Å². The highest BCUT2D eigenvalue weighted by Gasteiger charge is 2.22. The van der Waals surface area contributed by atoms with Crippen molar-refractivity contribution in [3.8, 4) is 0 Å². The van der Waals surface area contributed by atoms with Gasteiger partial charge in [0.25, 0.3) is 0 Å². The maximum Gasteiger partial charge on any atom is 0.150 e. The van der Waals surface area contributed by atoms with E-state index in [9.17, 15) is 4.79 Å². The lowest BCUT2D eigenvalue weighted by Gasteiger charge is -2.15. The maximum absolute atomic E-state index is 10.9. The van der Waals surface area contributed by atoms with Crippen LogP contribution in [-0.2, 0) is 4.79 Å². The van der Waals surface area contributed by atoms with E-state index in [2.05, 4.69) is 11.8 Å². The average molecular weight is 139 g/mol. The molecular weight excluding hydrogens is 126 g/mol. The summed E-state index contributed by atoms with van der Waals surface area (Å²) in [4.78, 5) is 13.0. The summed E-state index contributed by atoms with van der Waals surface area (Å²) in [5, 5.41) is 0. The minimum Gasteiger partial charge on any atom is -0.298 e. The zero-order valence-corrected chi connectivity index (χ0v) is 6.72. The third kappa shape index (κ3) is 1.27. The second kappa shape index (κ2) is 2.54. The molecule has 1 aliphatic rings. The normalized spacial score (nSPS) is 26.7. The Bertz CT molecular complexity index is 184. The Morgan fingerprint density at radius 3 is 2.60 bits per heavy atom. The van der Waals surface area contributed by atoms with Gasteiger partial charge in [-0.2, -0.15) is 0 Å². The molecule has 0 fully saturated rings. The highest BCUT2D eigenvalue weighted by Crippen LogP contribution is 2.13. The highest BCUT2D eigenvalue weighted by atomic mass is 16.1. The summed E-state index contributed by atoms with van der Waals surface area (Å²) in [6.45, 7) is 4.62. The van der Waals surface area contributed by atoms with Gasteiger partial charge in [-0.1, -0.05) is 11.6 Å². The van der Waals surface area contributed by atoms with Gasteiger partial charge in [-0.05, 0) is 20.9 Å². The minimum atomic E-state index is 0.0417. The van der Waals surface area contributed by atoms with Crippen molar-refractivity contribution in [1.82, 2.24) is 4.90 Å². The van der Waals surface area contributed by atoms with Gasteiger partial charge in [-0.3, -0.25) is 9.69 Å². The molecule has 1 rings (SSSR count). The molecule has 1 heterocycles. The van der Waals surface area contributed by atoms with E-state index in [1.807, 2.05) is 13.1 Å². The first-order chi connectivity index (χ1) is 4.61. The molecule has 0 amide bonds. The number of rotatable bonds is 1. The van der Waals surface area contributed by atoms with Gasteiger partial charge in [0.15, 0.2) is 5.78 Å². The predicted molar refractivity (Wildman–Crippen MR) is 40.9 cm³/mol. The van der Waals surface area contributed by atoms with Crippen molar-refractivity contribution in [3.05, 3.63) is 11.6 Å². The van der Waals surface area contributed by atoms with E-state index in [-0.39, 0.29) is 11.8 Å². The molecule has 0 N–H and O–H groups in total. The van der Waals surface area contributed by atoms with Crippen LogP contribution < -0.4 is 0 Å². The van der Waals surface area contributed by atoms with Crippen molar-refractivity contribution in [2.75, 3.05) is 13.6 Å². The highest BCUT2D eigenvalue weighted by molar-refractivity contribution is 5.84. The van der Waals surface area contributed by atoms with Gasteiger partial charge in [-0.15, -0.1) is 0 Å². The van der Waals surface area contributed by atoms with Crippen LogP contribution in [0.3, 0.4) is 0 Å². The number of Topliss-reactive ketones (excluding diaryl/α,β-unsaturated/α-hetero) is 1. The van der Waals surface area contributed by atoms with E-state index in [0.717, 1.165) is 6.54 Å². The molecule has 0 radical (unpaired) electrons.